The van der Waals surface area contributed by atoms with E-state index in [9.17, 15) is 14.7 Å². The summed E-state index contributed by atoms with van der Waals surface area (Å²) in [5.41, 5.74) is 5.02. The smallest absolute Gasteiger partial charge is 0.278 e. The van der Waals surface area contributed by atoms with Crippen LogP contribution in [-0.4, -0.2) is 46.5 Å². The molecule has 1 fully saturated rings. The molecule has 2 aliphatic heterocycles. The predicted octanol–water partition coefficient (Wildman–Crippen LogP) is 3.80. The van der Waals surface area contributed by atoms with Gasteiger partial charge < -0.3 is 14.7 Å². The highest BCUT2D eigenvalue weighted by atomic mass is 32.1. The first-order chi connectivity index (χ1) is 17.1. The molecule has 0 bridgehead atoms. The van der Waals surface area contributed by atoms with Gasteiger partial charge in [0.2, 0.25) is 5.43 Å². The average molecular weight is 484 g/mol. The first-order valence-corrected chi connectivity index (χ1v) is 12.4. The number of hydrogen-bond donors (Lipinski definition) is 1. The molecule has 0 saturated carbocycles. The summed E-state index contributed by atoms with van der Waals surface area (Å²) in [7, 11) is 0. The lowest BCUT2D eigenvalue weighted by atomic mass is 9.92. The van der Waals surface area contributed by atoms with Crippen LogP contribution in [0.25, 0.3) is 21.6 Å². The van der Waals surface area contributed by atoms with E-state index in [1.54, 1.807) is 27.1 Å². The van der Waals surface area contributed by atoms with Gasteiger partial charge in [0.1, 0.15) is 6.17 Å². The zero-order valence-corrected chi connectivity index (χ0v) is 19.4. The van der Waals surface area contributed by atoms with Crippen molar-refractivity contribution in [3.05, 3.63) is 99.3 Å². The fourth-order valence-electron chi connectivity index (χ4n) is 5.64. The highest BCUT2D eigenvalue weighted by molar-refractivity contribution is 7.14. The number of carbonyl (C=O) groups is 1. The molecule has 0 unspecified atom stereocenters. The number of amides is 1. The SMILES string of the molecule is O=C1c2c(O)c(=O)ccn2N([C@@H]2c3ccccc3-c3ccsc3-c3ccccc32)[C@H]2COCCN12. The van der Waals surface area contributed by atoms with Gasteiger partial charge in [-0.05, 0) is 33.7 Å². The molecule has 7 rings (SSSR count). The molecule has 1 amide bonds. The van der Waals surface area contributed by atoms with Crippen molar-refractivity contribution in [3.63, 3.8) is 0 Å². The number of rotatable bonds is 1. The van der Waals surface area contributed by atoms with Crippen LogP contribution < -0.4 is 10.4 Å². The molecule has 1 aliphatic carbocycles. The van der Waals surface area contributed by atoms with Crippen LogP contribution in [0.4, 0.5) is 0 Å². The number of morpholine rings is 1. The summed E-state index contributed by atoms with van der Waals surface area (Å²) in [6.07, 6.45) is 1.18. The van der Waals surface area contributed by atoms with Crippen LogP contribution in [0.5, 0.6) is 5.75 Å². The van der Waals surface area contributed by atoms with Crippen molar-refractivity contribution in [2.45, 2.75) is 12.2 Å². The number of aromatic nitrogens is 1. The fourth-order valence-corrected chi connectivity index (χ4v) is 6.59. The molecule has 2 aromatic carbocycles. The highest BCUT2D eigenvalue weighted by Crippen LogP contribution is 2.49. The maximum Gasteiger partial charge on any atom is 0.278 e. The van der Waals surface area contributed by atoms with Gasteiger partial charge in [-0.2, -0.15) is 0 Å². The Morgan fingerprint density at radius 2 is 1.66 bits per heavy atom. The second-order valence-corrected chi connectivity index (χ2v) is 9.81. The van der Waals surface area contributed by atoms with Gasteiger partial charge in [-0.25, -0.2) is 0 Å². The van der Waals surface area contributed by atoms with Crippen LogP contribution in [0.3, 0.4) is 0 Å². The Kier molecular flexibility index (Phi) is 4.43. The summed E-state index contributed by atoms with van der Waals surface area (Å²) < 4.78 is 7.52. The minimum Gasteiger partial charge on any atom is -0.502 e. The third-order valence-corrected chi connectivity index (χ3v) is 8.10. The molecule has 3 aliphatic rings. The number of nitrogens with zero attached hydrogens (tertiary/aromatic N) is 3. The van der Waals surface area contributed by atoms with Crippen LogP contribution in [0, 0.1) is 0 Å². The molecular weight excluding hydrogens is 462 g/mol. The third-order valence-electron chi connectivity index (χ3n) is 7.15. The lowest BCUT2D eigenvalue weighted by Crippen LogP contribution is -2.66. The zero-order valence-electron chi connectivity index (χ0n) is 18.6. The molecule has 1 saturated heterocycles. The number of ether oxygens (including phenoxy) is 1. The Morgan fingerprint density at radius 3 is 2.49 bits per heavy atom. The van der Waals surface area contributed by atoms with Gasteiger partial charge in [0.15, 0.2) is 11.4 Å². The van der Waals surface area contributed by atoms with E-state index >= 15 is 0 Å². The Morgan fingerprint density at radius 1 is 0.914 bits per heavy atom. The van der Waals surface area contributed by atoms with Gasteiger partial charge in [-0.3, -0.25) is 19.3 Å². The summed E-state index contributed by atoms with van der Waals surface area (Å²) in [6, 6.07) is 19.8. The number of thiophene rings is 1. The van der Waals surface area contributed by atoms with E-state index in [0.29, 0.717) is 19.8 Å². The molecule has 2 atom stereocenters. The van der Waals surface area contributed by atoms with E-state index in [1.165, 1.54) is 16.5 Å². The second kappa shape index (κ2) is 7.56. The fraction of sp³-hybridized carbons (Fsp3) is 0.185. The molecule has 7 nitrogen and oxygen atoms in total. The van der Waals surface area contributed by atoms with Crippen LogP contribution in [0.15, 0.2) is 77.0 Å². The summed E-state index contributed by atoms with van der Waals surface area (Å²) in [5, 5.41) is 14.9. The minimum absolute atomic E-state index is 0.00960. The largest absolute Gasteiger partial charge is 0.502 e. The molecule has 8 heteroatoms. The summed E-state index contributed by atoms with van der Waals surface area (Å²) >= 11 is 1.71. The zero-order chi connectivity index (χ0) is 23.7. The van der Waals surface area contributed by atoms with E-state index in [4.69, 9.17) is 4.74 Å². The van der Waals surface area contributed by atoms with Gasteiger partial charge in [0.05, 0.1) is 19.3 Å². The third kappa shape index (κ3) is 2.81. The van der Waals surface area contributed by atoms with Gasteiger partial charge in [-0.1, -0.05) is 48.5 Å². The van der Waals surface area contributed by atoms with Gasteiger partial charge in [-0.15, -0.1) is 11.3 Å². The monoisotopic (exact) mass is 483 g/mol. The number of fused-ring (bicyclic) bond motifs is 7. The second-order valence-electron chi connectivity index (χ2n) is 8.90. The summed E-state index contributed by atoms with van der Waals surface area (Å²) in [6.45, 7) is 1.11. The lowest BCUT2D eigenvalue weighted by molar-refractivity contribution is -0.0196. The number of pyridine rings is 1. The number of hydrogen-bond acceptors (Lipinski definition) is 6. The van der Waals surface area contributed by atoms with Crippen molar-refractivity contribution in [2.24, 2.45) is 0 Å². The van der Waals surface area contributed by atoms with Gasteiger partial charge in [0, 0.05) is 29.2 Å². The van der Waals surface area contributed by atoms with Gasteiger partial charge in [0.25, 0.3) is 5.91 Å². The van der Waals surface area contributed by atoms with Crippen LogP contribution in [-0.2, 0) is 4.74 Å². The molecule has 2 aromatic heterocycles. The molecular formula is C27H21N3O4S. The Balaban J connectivity index is 1.57. The number of aromatic hydroxyl groups is 1. The quantitative estimate of drug-likeness (QED) is 0.446. The molecule has 0 radical (unpaired) electrons. The normalized spacial score (nSPS) is 20.3. The Labute approximate surface area is 205 Å². The number of carbonyl (C=O) groups excluding carboxylic acids is 1. The van der Waals surface area contributed by atoms with Crippen molar-refractivity contribution in [3.8, 4) is 27.3 Å². The van der Waals surface area contributed by atoms with E-state index in [1.807, 2.05) is 24.3 Å². The van der Waals surface area contributed by atoms with E-state index in [2.05, 4.69) is 40.7 Å². The minimum atomic E-state index is -0.569. The molecule has 4 heterocycles. The van der Waals surface area contributed by atoms with Gasteiger partial charge >= 0.3 is 0 Å². The Bertz CT molecular complexity index is 1500. The number of benzene rings is 2. The van der Waals surface area contributed by atoms with Crippen LogP contribution >= 0.6 is 11.3 Å². The van der Waals surface area contributed by atoms with Crippen molar-refractivity contribution in [2.75, 3.05) is 24.8 Å². The van der Waals surface area contributed by atoms with Crippen molar-refractivity contribution in [1.82, 2.24) is 9.58 Å². The summed E-state index contributed by atoms with van der Waals surface area (Å²) in [5.74, 6) is -0.888. The van der Waals surface area contributed by atoms with E-state index in [0.717, 1.165) is 22.3 Å². The maximum atomic E-state index is 13.5. The lowest BCUT2D eigenvalue weighted by Gasteiger charge is -2.51. The molecule has 174 valence electrons. The van der Waals surface area contributed by atoms with E-state index < -0.39 is 17.3 Å². The van der Waals surface area contributed by atoms with E-state index in [-0.39, 0.29) is 17.6 Å². The molecule has 0 spiro atoms. The maximum absolute atomic E-state index is 13.5. The van der Waals surface area contributed by atoms with Crippen molar-refractivity contribution in [1.29, 1.82) is 0 Å². The standard InChI is InChI=1S/C27H21N3O4S/c31-21-9-11-29-24(25(21)32)27(33)28-12-13-34-15-22(28)30(29)23-17-6-2-1-5-16(17)20-10-14-35-26(20)19-8-4-3-7-18(19)23/h1-11,14,22-23,32H,12-13,15H2/t22-,23+/m0/s1. The van der Waals surface area contributed by atoms with Crippen molar-refractivity contribution >= 4 is 17.2 Å². The molecule has 4 aromatic rings. The molecule has 35 heavy (non-hydrogen) atoms. The first-order valence-electron chi connectivity index (χ1n) is 11.5. The summed E-state index contributed by atoms with van der Waals surface area (Å²) in [4.78, 5) is 28.8. The van der Waals surface area contributed by atoms with Crippen molar-refractivity contribution < 1.29 is 14.6 Å². The average Bonchev–Trinajstić information content (AvgIpc) is 3.34. The first kappa shape index (κ1) is 20.5. The highest BCUT2D eigenvalue weighted by Gasteiger charge is 2.46. The van der Waals surface area contributed by atoms with Crippen LogP contribution in [0.1, 0.15) is 27.7 Å². The predicted molar refractivity (Wildman–Crippen MR) is 133 cm³/mol. The topological polar surface area (TPSA) is 75.0 Å². The van der Waals surface area contributed by atoms with Crippen LogP contribution in [0.2, 0.25) is 0 Å². The Hall–Kier alpha value is -3.88. The molecule has 1 N–H and O–H groups in total.